The Balaban J connectivity index is -0.00000000222. The van der Waals surface area contributed by atoms with E-state index in [1.807, 2.05) is 0 Å². The smallest absolute Gasteiger partial charge is 2.00 e. The fourth-order valence-corrected chi connectivity index (χ4v) is 0. The van der Waals surface area contributed by atoms with Crippen molar-refractivity contribution in [3.8, 4) is 0 Å². The summed E-state index contributed by atoms with van der Waals surface area (Å²) in [4.78, 5) is 0. The van der Waals surface area contributed by atoms with Crippen LogP contribution in [0.25, 0.3) is 0 Å². The Hall–Kier alpha value is 6.56. The van der Waals surface area contributed by atoms with Crippen molar-refractivity contribution in [1.82, 2.24) is 0 Å². The van der Waals surface area contributed by atoms with Crippen molar-refractivity contribution in [1.29, 1.82) is 0 Å². The number of hydrogen-bond acceptors (Lipinski definition) is 2. The second-order valence-electron chi connectivity index (χ2n) is 0.448. The van der Waals surface area contributed by atoms with Crippen LogP contribution in [0.4, 0.5) is 0 Å². The van der Waals surface area contributed by atoms with Crippen LogP contribution in [-0.4, -0.2) is 91.5 Å². The molecule has 0 aliphatic carbocycles. The van der Waals surface area contributed by atoms with E-state index in [1.54, 1.807) is 0 Å². The minimum atomic E-state index is -5.25. The molecule has 50 valence electrons. The third-order valence-electron chi connectivity index (χ3n) is 0. The molecule has 0 saturated heterocycles. The second kappa shape index (κ2) is 20.9. The Bertz CT molecular complexity index is 119. The van der Waals surface area contributed by atoms with Gasteiger partial charge in [-0.3, -0.25) is 0 Å². The van der Waals surface area contributed by atoms with E-state index in [0.29, 0.717) is 0 Å². The Kier molecular flexibility index (Phi) is 75.2. The van der Waals surface area contributed by atoms with Gasteiger partial charge in [-0.25, -0.2) is 0 Å². The van der Waals surface area contributed by atoms with E-state index in [1.165, 1.54) is 0 Å². The summed E-state index contributed by atoms with van der Waals surface area (Å²) in [6.07, 6.45) is 0. The van der Waals surface area contributed by atoms with E-state index >= 15 is 0 Å². The molecule has 0 atom stereocenters. The van der Waals surface area contributed by atoms with E-state index in [-0.39, 0.29) is 202 Å². The van der Waals surface area contributed by atoms with Gasteiger partial charge in [0, 0.05) is 113 Å². The summed E-state index contributed by atoms with van der Waals surface area (Å²) in [5.74, 6) is 0. The van der Waals surface area contributed by atoms with Crippen molar-refractivity contribution in [3.63, 3.8) is 0 Å². The minimum Gasteiger partial charge on any atom is 2.00 e. The normalized spacial score (nSPS) is 5.80. The Morgan fingerprint density at radius 3 is 1.10 bits per heavy atom. The average molecular weight is 668 g/mol. The van der Waals surface area contributed by atoms with Gasteiger partial charge >= 0.3 is 113 Å². The molecular formula is H6CaCeCrLa2O4Sr. The van der Waals surface area contributed by atoms with Gasteiger partial charge in [0.2, 0.25) is 0 Å². The average Bonchev–Trinajstić information content (AvgIpc) is 0.722. The predicted molar refractivity (Wildman–Crippen MR) is 21.8 cm³/mol. The van der Waals surface area contributed by atoms with Crippen LogP contribution in [0, 0.1) is 113 Å². The maximum absolute atomic E-state index is 8.82. The zero-order chi connectivity index (χ0) is 4.50. The minimum absolute atomic E-state index is 0. The monoisotopic (exact) mass is 668 g/mol. The van der Waals surface area contributed by atoms with E-state index in [4.69, 9.17) is 15.9 Å². The molecule has 0 rings (SSSR count). The molecule has 4 nitrogen and oxygen atoms in total. The molecule has 10 heteroatoms. The maximum Gasteiger partial charge on any atom is 2.00 e. The topological polar surface area (TPSA) is 74.6 Å². The summed E-state index contributed by atoms with van der Waals surface area (Å²) in [5, 5.41) is 0. The summed E-state index contributed by atoms with van der Waals surface area (Å²) < 4.78 is 31.9. The van der Waals surface area contributed by atoms with Gasteiger partial charge in [0.15, 0.2) is 0 Å². The van der Waals surface area contributed by atoms with Crippen molar-refractivity contribution >= 4 is 83.2 Å². The number of hydrogen-bond donors (Lipinski definition) is 2. The van der Waals surface area contributed by atoms with Crippen LogP contribution in [-0.2, 0) is 21.2 Å². The molecule has 0 saturated carbocycles. The third-order valence-corrected chi connectivity index (χ3v) is 0. The van der Waals surface area contributed by atoms with E-state index in [9.17, 15) is 0 Å². The summed E-state index contributed by atoms with van der Waals surface area (Å²) in [5.41, 5.74) is 0. The molecule has 0 amide bonds. The summed E-state index contributed by atoms with van der Waals surface area (Å²) in [6.45, 7) is 0. The molecule has 2 radical (unpaired) electrons. The zero-order valence-corrected chi connectivity index (χ0v) is 22.5. The molecule has 0 spiro atoms. The van der Waals surface area contributed by atoms with E-state index < -0.39 is 13.6 Å². The first kappa shape index (κ1) is 36.0. The second-order valence-corrected chi connectivity index (χ2v) is 1.85. The van der Waals surface area contributed by atoms with Crippen molar-refractivity contribution < 1.29 is 148 Å². The largest absolute Gasteiger partial charge is 2.00 e. The van der Waals surface area contributed by atoms with Crippen LogP contribution in [0.2, 0.25) is 0 Å². The quantitative estimate of drug-likeness (QED) is 0.304. The molecule has 0 unspecified atom stereocenters. The number of rotatable bonds is 0. The van der Waals surface area contributed by atoms with Crippen LogP contribution >= 0.6 is 0 Å². The van der Waals surface area contributed by atoms with Gasteiger partial charge in [0.1, 0.15) is 0 Å². The van der Waals surface area contributed by atoms with Gasteiger partial charge in [0.25, 0.3) is 0 Å². The fourth-order valence-electron chi connectivity index (χ4n) is 0. The van der Waals surface area contributed by atoms with Crippen LogP contribution in [0.15, 0.2) is 0 Å². The molecule has 0 aromatic heterocycles. The van der Waals surface area contributed by atoms with Gasteiger partial charge < -0.3 is 5.71 Å². The first-order valence-electron chi connectivity index (χ1n) is 0.698. The SMILES string of the molecule is [Ca+2].[Ce].[H-].[H-].[H-].[H-].[La].[La].[O]=[Cr](=[O])([OH])[OH].[Sr+2]. The Morgan fingerprint density at radius 2 is 1.10 bits per heavy atom. The third kappa shape index (κ3) is 62.2. The molecule has 2 N–H and O–H groups in total. The van der Waals surface area contributed by atoms with Crippen LogP contribution in [0.1, 0.15) is 5.71 Å². The van der Waals surface area contributed by atoms with Crippen molar-refractivity contribution in [2.75, 3.05) is 0 Å². The van der Waals surface area contributed by atoms with Crippen LogP contribution in [0.3, 0.4) is 0 Å². The van der Waals surface area contributed by atoms with E-state index in [0.717, 1.165) is 0 Å². The van der Waals surface area contributed by atoms with Crippen LogP contribution in [0.5, 0.6) is 0 Å². The molecule has 0 heterocycles. The molecule has 0 aliphatic heterocycles. The van der Waals surface area contributed by atoms with Gasteiger partial charge in [-0.15, -0.1) is 0 Å². The predicted octanol–water partition coefficient (Wildman–Crippen LogP) is -1.67. The van der Waals surface area contributed by atoms with Gasteiger partial charge in [-0.1, -0.05) is 0 Å². The Morgan fingerprint density at radius 1 is 1.10 bits per heavy atom. The Labute approximate surface area is 224 Å². The van der Waals surface area contributed by atoms with Crippen molar-refractivity contribution in [2.45, 2.75) is 0 Å². The van der Waals surface area contributed by atoms with Crippen molar-refractivity contribution in [2.24, 2.45) is 0 Å². The van der Waals surface area contributed by atoms with Crippen molar-refractivity contribution in [3.05, 3.63) is 0 Å². The molecule has 0 bridgehead atoms. The fraction of sp³-hybridized carbons (Fsp3) is 0. The molecule has 0 fully saturated rings. The summed E-state index contributed by atoms with van der Waals surface area (Å²) in [7, 11) is 0. The van der Waals surface area contributed by atoms with Crippen LogP contribution < -0.4 is 0 Å². The van der Waals surface area contributed by atoms with Gasteiger partial charge in [-0.2, -0.15) is 0 Å². The zero-order valence-electron chi connectivity index (χ0n) is 9.19. The molecule has 0 aromatic carbocycles. The summed E-state index contributed by atoms with van der Waals surface area (Å²) in [6, 6.07) is 0. The standard InChI is InChI=1S/Ca.Ce.Cr.2La.2H2O.2O.Sr.4H/h;;;;;2*1H2;;;;;;;/q+2;;+2;;;;;;;+2;4*-1/p-2. The van der Waals surface area contributed by atoms with E-state index in [2.05, 4.69) is 0 Å². The maximum atomic E-state index is 8.82. The molecule has 0 aromatic rings. The first-order chi connectivity index (χ1) is 2.00. The molecular weight excluding hydrogens is 662 g/mol. The molecule has 10 heavy (non-hydrogen) atoms. The summed E-state index contributed by atoms with van der Waals surface area (Å²) >= 11 is -5.25. The first-order valence-corrected chi connectivity index (χ1v) is 2.88. The van der Waals surface area contributed by atoms with Gasteiger partial charge in [0.05, 0.1) is 0 Å². The molecule has 0 aliphatic rings. The van der Waals surface area contributed by atoms with Gasteiger partial charge in [-0.05, 0) is 0 Å².